The second-order valence-corrected chi connectivity index (χ2v) is 7.76. The van der Waals surface area contributed by atoms with Gasteiger partial charge in [0.2, 0.25) is 0 Å². The lowest BCUT2D eigenvalue weighted by Gasteiger charge is -2.33. The number of allylic oxidation sites excluding steroid dienone is 1. The Bertz CT molecular complexity index is 775. The van der Waals surface area contributed by atoms with Crippen LogP contribution in [0.5, 0.6) is 0 Å². The molecular formula is C22H26BrN3. The predicted molar refractivity (Wildman–Crippen MR) is 115 cm³/mol. The maximum absolute atomic E-state index is 4.62. The summed E-state index contributed by atoms with van der Waals surface area (Å²) in [7, 11) is 0. The Balaban J connectivity index is 1.50. The first-order chi connectivity index (χ1) is 12.6. The molecule has 1 saturated heterocycles. The molecule has 1 fully saturated rings. The number of aryl methyl sites for hydroxylation is 2. The third kappa shape index (κ3) is 5.55. The third-order valence-corrected chi connectivity index (χ3v) is 5.12. The Morgan fingerprint density at radius 3 is 2.46 bits per heavy atom. The molecule has 0 aromatic heterocycles. The van der Waals surface area contributed by atoms with E-state index in [-0.39, 0.29) is 0 Å². The molecule has 2 aromatic rings. The van der Waals surface area contributed by atoms with E-state index in [0.29, 0.717) is 0 Å². The van der Waals surface area contributed by atoms with Crippen molar-refractivity contribution in [2.75, 3.05) is 26.2 Å². The highest BCUT2D eigenvalue weighted by atomic mass is 79.9. The van der Waals surface area contributed by atoms with Crippen molar-refractivity contribution < 1.29 is 0 Å². The minimum Gasteiger partial charge on any atom is -0.295 e. The molecule has 0 spiro atoms. The Morgan fingerprint density at radius 2 is 1.77 bits per heavy atom. The number of rotatable bonds is 5. The van der Waals surface area contributed by atoms with Gasteiger partial charge in [0, 0.05) is 37.2 Å². The van der Waals surface area contributed by atoms with Gasteiger partial charge in [-0.2, -0.15) is 5.10 Å². The molecule has 0 bridgehead atoms. The van der Waals surface area contributed by atoms with Gasteiger partial charge in [-0.1, -0.05) is 54.1 Å². The molecule has 136 valence electrons. The van der Waals surface area contributed by atoms with Crippen LogP contribution in [-0.4, -0.2) is 42.3 Å². The molecule has 0 amide bonds. The lowest BCUT2D eigenvalue weighted by atomic mass is 10.1. The lowest BCUT2D eigenvalue weighted by Crippen LogP contribution is -2.43. The van der Waals surface area contributed by atoms with Crippen molar-refractivity contribution in [3.63, 3.8) is 0 Å². The maximum Gasteiger partial charge on any atom is 0.0612 e. The van der Waals surface area contributed by atoms with Crippen LogP contribution in [0.25, 0.3) is 6.08 Å². The smallest absolute Gasteiger partial charge is 0.0612 e. The van der Waals surface area contributed by atoms with Gasteiger partial charge in [0.05, 0.1) is 6.21 Å². The largest absolute Gasteiger partial charge is 0.295 e. The van der Waals surface area contributed by atoms with Crippen LogP contribution in [0.4, 0.5) is 0 Å². The predicted octanol–water partition coefficient (Wildman–Crippen LogP) is 4.84. The fourth-order valence-electron chi connectivity index (χ4n) is 3.16. The number of benzene rings is 2. The van der Waals surface area contributed by atoms with Gasteiger partial charge in [0.15, 0.2) is 0 Å². The SMILES string of the molecule is Cc1ccc(CN2CCN(/N=C\C(Br)=C\c3ccccc3)CC2)c(C)c1. The van der Waals surface area contributed by atoms with E-state index in [4.69, 9.17) is 0 Å². The van der Waals surface area contributed by atoms with Gasteiger partial charge in [0.1, 0.15) is 0 Å². The summed E-state index contributed by atoms with van der Waals surface area (Å²) >= 11 is 3.59. The zero-order valence-corrected chi connectivity index (χ0v) is 17.1. The molecule has 3 nitrogen and oxygen atoms in total. The molecular weight excluding hydrogens is 386 g/mol. The zero-order valence-electron chi connectivity index (χ0n) is 15.5. The summed E-state index contributed by atoms with van der Waals surface area (Å²) in [5.74, 6) is 0. The average Bonchev–Trinajstić information content (AvgIpc) is 2.64. The Morgan fingerprint density at radius 1 is 1.04 bits per heavy atom. The fourth-order valence-corrected chi connectivity index (χ4v) is 3.51. The van der Waals surface area contributed by atoms with Crippen molar-refractivity contribution in [1.29, 1.82) is 0 Å². The molecule has 0 unspecified atom stereocenters. The van der Waals surface area contributed by atoms with Crippen LogP contribution in [0.3, 0.4) is 0 Å². The van der Waals surface area contributed by atoms with Gasteiger partial charge in [-0.05, 0) is 52.5 Å². The van der Waals surface area contributed by atoms with E-state index in [1.54, 1.807) is 0 Å². The highest BCUT2D eigenvalue weighted by Crippen LogP contribution is 2.15. The molecule has 1 aliphatic heterocycles. The summed E-state index contributed by atoms with van der Waals surface area (Å²) in [6, 6.07) is 17.0. The van der Waals surface area contributed by atoms with E-state index in [1.165, 1.54) is 22.3 Å². The van der Waals surface area contributed by atoms with Crippen molar-refractivity contribution in [2.45, 2.75) is 20.4 Å². The quantitative estimate of drug-likeness (QED) is 0.655. The number of hydrogen-bond acceptors (Lipinski definition) is 3. The van der Waals surface area contributed by atoms with Gasteiger partial charge in [0.25, 0.3) is 0 Å². The van der Waals surface area contributed by atoms with Crippen molar-refractivity contribution >= 4 is 28.2 Å². The van der Waals surface area contributed by atoms with Crippen molar-refractivity contribution in [2.24, 2.45) is 5.10 Å². The summed E-state index contributed by atoms with van der Waals surface area (Å²) < 4.78 is 0.987. The van der Waals surface area contributed by atoms with E-state index in [0.717, 1.165) is 37.2 Å². The minimum absolute atomic E-state index is 0.965. The lowest BCUT2D eigenvalue weighted by molar-refractivity contribution is 0.131. The van der Waals surface area contributed by atoms with Gasteiger partial charge in [-0.15, -0.1) is 0 Å². The summed E-state index contributed by atoms with van der Waals surface area (Å²) in [6.07, 6.45) is 3.98. The number of nitrogens with zero attached hydrogens (tertiary/aromatic N) is 3. The van der Waals surface area contributed by atoms with Crippen LogP contribution in [0.2, 0.25) is 0 Å². The van der Waals surface area contributed by atoms with Crippen LogP contribution in [-0.2, 0) is 6.54 Å². The average molecular weight is 412 g/mol. The van der Waals surface area contributed by atoms with E-state index >= 15 is 0 Å². The molecule has 0 radical (unpaired) electrons. The molecule has 4 heteroatoms. The van der Waals surface area contributed by atoms with Crippen LogP contribution in [0.1, 0.15) is 22.3 Å². The van der Waals surface area contributed by atoms with Crippen molar-refractivity contribution in [3.05, 3.63) is 75.3 Å². The Hall–Kier alpha value is -1.91. The first kappa shape index (κ1) is 18.9. The summed E-state index contributed by atoms with van der Waals surface area (Å²) in [6.45, 7) is 9.41. The number of halogens is 1. The van der Waals surface area contributed by atoms with Crippen molar-refractivity contribution in [1.82, 2.24) is 9.91 Å². The number of hydrazone groups is 1. The highest BCUT2D eigenvalue weighted by molar-refractivity contribution is 9.12. The summed E-state index contributed by atoms with van der Waals surface area (Å²) in [4.78, 5) is 2.51. The van der Waals surface area contributed by atoms with E-state index in [9.17, 15) is 0 Å². The summed E-state index contributed by atoms with van der Waals surface area (Å²) in [5, 5.41) is 6.77. The first-order valence-electron chi connectivity index (χ1n) is 9.10. The third-order valence-electron chi connectivity index (χ3n) is 4.69. The molecule has 2 aromatic carbocycles. The Kier molecular flexibility index (Phi) is 6.64. The standard InChI is InChI=1S/C22H26BrN3/c1-18-8-9-21(19(2)14-18)17-25-10-12-26(13-11-25)24-16-22(23)15-20-6-4-3-5-7-20/h3-9,14-16H,10-13,17H2,1-2H3/b22-15-,24-16-. The normalized spacial score (nSPS) is 16.4. The molecule has 3 rings (SSSR count). The second-order valence-electron chi connectivity index (χ2n) is 6.84. The second kappa shape index (κ2) is 9.15. The molecule has 0 atom stereocenters. The van der Waals surface area contributed by atoms with Gasteiger partial charge in [-0.25, -0.2) is 0 Å². The van der Waals surface area contributed by atoms with Gasteiger partial charge >= 0.3 is 0 Å². The van der Waals surface area contributed by atoms with Gasteiger partial charge < -0.3 is 0 Å². The molecule has 1 heterocycles. The van der Waals surface area contributed by atoms with Crippen LogP contribution < -0.4 is 0 Å². The molecule has 26 heavy (non-hydrogen) atoms. The van der Waals surface area contributed by atoms with E-state index < -0.39 is 0 Å². The minimum atomic E-state index is 0.965. The Labute approximate surface area is 165 Å². The molecule has 0 aliphatic carbocycles. The van der Waals surface area contributed by atoms with E-state index in [1.807, 2.05) is 24.4 Å². The molecule has 0 N–H and O–H groups in total. The van der Waals surface area contributed by atoms with Crippen LogP contribution in [0, 0.1) is 13.8 Å². The van der Waals surface area contributed by atoms with Gasteiger partial charge in [-0.3, -0.25) is 9.91 Å². The highest BCUT2D eigenvalue weighted by Gasteiger charge is 2.16. The zero-order chi connectivity index (χ0) is 18.4. The van der Waals surface area contributed by atoms with Crippen LogP contribution in [0.15, 0.2) is 58.1 Å². The fraction of sp³-hybridized carbons (Fsp3) is 0.318. The number of piperazine rings is 1. The van der Waals surface area contributed by atoms with Crippen LogP contribution >= 0.6 is 15.9 Å². The van der Waals surface area contributed by atoms with E-state index in [2.05, 4.69) is 81.2 Å². The topological polar surface area (TPSA) is 18.8 Å². The maximum atomic E-state index is 4.62. The first-order valence-corrected chi connectivity index (χ1v) is 9.89. The molecule has 1 aliphatic rings. The number of hydrogen-bond donors (Lipinski definition) is 0. The monoisotopic (exact) mass is 411 g/mol. The summed E-state index contributed by atoms with van der Waals surface area (Å²) in [5.41, 5.74) is 5.32. The molecule has 0 saturated carbocycles. The van der Waals surface area contributed by atoms with Crippen molar-refractivity contribution in [3.8, 4) is 0 Å².